The Morgan fingerprint density at radius 3 is 2.86 bits per heavy atom. The number of hydrogen-bond donors (Lipinski definition) is 2. The van der Waals surface area contributed by atoms with Gasteiger partial charge in [0.2, 0.25) is 10.0 Å². The molecule has 0 aliphatic heterocycles. The second kappa shape index (κ2) is 6.32. The van der Waals surface area contributed by atoms with Crippen molar-refractivity contribution in [3.63, 3.8) is 0 Å². The van der Waals surface area contributed by atoms with E-state index >= 15 is 0 Å². The Balaban J connectivity index is 1.95. The van der Waals surface area contributed by atoms with Gasteiger partial charge in [-0.15, -0.1) is 0 Å². The first kappa shape index (κ1) is 15.4. The number of nitrogens with zero attached hydrogens (tertiary/aromatic N) is 1. The van der Waals surface area contributed by atoms with Gasteiger partial charge in [0, 0.05) is 35.8 Å². The van der Waals surface area contributed by atoms with Gasteiger partial charge in [0.1, 0.15) is 0 Å². The van der Waals surface area contributed by atoms with Gasteiger partial charge < -0.3 is 5.11 Å². The zero-order chi connectivity index (χ0) is 15.6. The molecule has 0 spiro atoms. The molecule has 1 aromatic heterocycles. The highest BCUT2D eigenvalue weighted by atomic mass is 32.2. The van der Waals surface area contributed by atoms with Crippen molar-refractivity contribution in [2.75, 3.05) is 6.61 Å². The number of rotatable bonds is 4. The molecule has 1 aromatic carbocycles. The molecular weight excluding hydrogens is 300 g/mol. The highest BCUT2D eigenvalue weighted by molar-refractivity contribution is 7.89. The number of hydrogen-bond acceptors (Lipinski definition) is 4. The van der Waals surface area contributed by atoms with E-state index in [0.29, 0.717) is 5.39 Å². The minimum atomic E-state index is -3.62. The Hall–Kier alpha value is -1.50. The third-order valence-corrected chi connectivity index (χ3v) is 5.93. The highest BCUT2D eigenvalue weighted by Gasteiger charge is 2.29. The number of pyridine rings is 1. The molecule has 1 saturated carbocycles. The first-order valence-corrected chi connectivity index (χ1v) is 9.06. The minimum absolute atomic E-state index is 0.000156. The van der Waals surface area contributed by atoms with Gasteiger partial charge >= 0.3 is 0 Å². The summed E-state index contributed by atoms with van der Waals surface area (Å²) in [7, 11) is -3.62. The zero-order valence-corrected chi connectivity index (χ0v) is 13.1. The summed E-state index contributed by atoms with van der Waals surface area (Å²) in [4.78, 5) is 4.30. The molecule has 3 rings (SSSR count). The molecule has 22 heavy (non-hydrogen) atoms. The van der Waals surface area contributed by atoms with Crippen LogP contribution in [0.25, 0.3) is 10.8 Å². The summed E-state index contributed by atoms with van der Waals surface area (Å²) in [6.07, 6.45) is 6.93. The van der Waals surface area contributed by atoms with Crippen LogP contribution in [0, 0.1) is 5.92 Å². The van der Waals surface area contributed by atoms with Gasteiger partial charge in [-0.1, -0.05) is 25.0 Å². The summed E-state index contributed by atoms with van der Waals surface area (Å²) in [6, 6.07) is 6.71. The fraction of sp³-hybridized carbons (Fsp3) is 0.438. The first-order valence-electron chi connectivity index (χ1n) is 7.58. The molecule has 118 valence electrons. The monoisotopic (exact) mass is 320 g/mol. The summed E-state index contributed by atoms with van der Waals surface area (Å²) in [5, 5.41) is 10.9. The second-order valence-electron chi connectivity index (χ2n) is 5.81. The number of fused-ring (bicyclic) bond motifs is 1. The van der Waals surface area contributed by atoms with Crippen molar-refractivity contribution in [3.8, 4) is 0 Å². The lowest BCUT2D eigenvalue weighted by Gasteiger charge is -2.30. The van der Waals surface area contributed by atoms with E-state index in [1.807, 2.05) is 6.07 Å². The van der Waals surface area contributed by atoms with Gasteiger partial charge in [0.25, 0.3) is 0 Å². The van der Waals surface area contributed by atoms with Gasteiger partial charge in [-0.3, -0.25) is 4.98 Å². The van der Waals surface area contributed by atoms with E-state index in [4.69, 9.17) is 0 Å². The highest BCUT2D eigenvalue weighted by Crippen LogP contribution is 2.27. The van der Waals surface area contributed by atoms with Gasteiger partial charge in [0.15, 0.2) is 0 Å². The Morgan fingerprint density at radius 2 is 2.05 bits per heavy atom. The number of sulfonamides is 1. The molecule has 0 saturated heterocycles. The van der Waals surface area contributed by atoms with Crippen LogP contribution in [0.2, 0.25) is 0 Å². The summed E-state index contributed by atoms with van der Waals surface area (Å²) >= 11 is 0. The van der Waals surface area contributed by atoms with Crippen molar-refractivity contribution in [3.05, 3.63) is 36.7 Å². The third-order valence-electron chi connectivity index (χ3n) is 4.38. The normalized spacial score (nSPS) is 22.8. The van der Waals surface area contributed by atoms with Gasteiger partial charge in [-0.05, 0) is 30.9 Å². The Kier molecular flexibility index (Phi) is 4.42. The SMILES string of the molecule is O=S(=O)(NC1CCCCC1CO)c1cccc2cnccc12. The topological polar surface area (TPSA) is 79.3 Å². The Bertz CT molecular complexity index is 756. The van der Waals surface area contributed by atoms with Gasteiger partial charge in [0.05, 0.1) is 4.90 Å². The van der Waals surface area contributed by atoms with Crippen LogP contribution in [-0.4, -0.2) is 31.2 Å². The van der Waals surface area contributed by atoms with Crippen LogP contribution in [0.1, 0.15) is 25.7 Å². The quantitative estimate of drug-likeness (QED) is 0.904. The number of aromatic nitrogens is 1. The van der Waals surface area contributed by atoms with E-state index < -0.39 is 10.0 Å². The van der Waals surface area contributed by atoms with Crippen molar-refractivity contribution in [1.82, 2.24) is 9.71 Å². The molecule has 0 radical (unpaired) electrons. The third kappa shape index (κ3) is 2.99. The average molecular weight is 320 g/mol. The van der Waals surface area contributed by atoms with Crippen LogP contribution in [0.5, 0.6) is 0 Å². The molecule has 6 heteroatoms. The van der Waals surface area contributed by atoms with Gasteiger partial charge in [-0.25, -0.2) is 13.1 Å². The van der Waals surface area contributed by atoms with E-state index in [9.17, 15) is 13.5 Å². The van der Waals surface area contributed by atoms with E-state index in [2.05, 4.69) is 9.71 Å². The predicted molar refractivity (Wildman–Crippen MR) is 84.9 cm³/mol. The molecule has 5 nitrogen and oxygen atoms in total. The van der Waals surface area contributed by atoms with Crippen molar-refractivity contribution >= 4 is 20.8 Å². The molecular formula is C16H20N2O3S. The maximum absolute atomic E-state index is 12.8. The largest absolute Gasteiger partial charge is 0.396 e. The summed E-state index contributed by atoms with van der Waals surface area (Å²) in [5.41, 5.74) is 0. The number of aliphatic hydroxyl groups is 1. The van der Waals surface area contributed by atoms with E-state index in [-0.39, 0.29) is 23.5 Å². The molecule has 2 N–H and O–H groups in total. The number of aliphatic hydroxyl groups excluding tert-OH is 1. The smallest absolute Gasteiger partial charge is 0.241 e. The summed E-state index contributed by atoms with van der Waals surface area (Å²) in [5.74, 6) is 0.000156. The van der Waals surface area contributed by atoms with Crippen LogP contribution < -0.4 is 4.72 Å². The van der Waals surface area contributed by atoms with Crippen molar-refractivity contribution in [2.24, 2.45) is 5.92 Å². The van der Waals surface area contributed by atoms with Crippen LogP contribution in [0.15, 0.2) is 41.6 Å². The van der Waals surface area contributed by atoms with E-state index in [1.165, 1.54) is 0 Å². The lowest BCUT2D eigenvalue weighted by Crippen LogP contribution is -2.43. The molecule has 2 unspecified atom stereocenters. The Labute approximate surface area is 130 Å². The van der Waals surface area contributed by atoms with Crippen molar-refractivity contribution < 1.29 is 13.5 Å². The summed E-state index contributed by atoms with van der Waals surface area (Å²) < 4.78 is 28.3. The number of benzene rings is 1. The molecule has 2 aromatic rings. The molecule has 0 bridgehead atoms. The fourth-order valence-corrected chi connectivity index (χ4v) is 4.74. The molecule has 1 fully saturated rings. The predicted octanol–water partition coefficient (Wildman–Crippen LogP) is 2.06. The summed E-state index contributed by atoms with van der Waals surface area (Å²) in [6.45, 7) is 0.0205. The van der Waals surface area contributed by atoms with E-state index in [0.717, 1.165) is 31.1 Å². The average Bonchev–Trinajstić information content (AvgIpc) is 2.54. The Morgan fingerprint density at radius 1 is 1.23 bits per heavy atom. The van der Waals surface area contributed by atoms with E-state index in [1.54, 1.807) is 30.6 Å². The fourth-order valence-electron chi connectivity index (χ4n) is 3.17. The van der Waals surface area contributed by atoms with Crippen LogP contribution in [-0.2, 0) is 10.0 Å². The molecule has 1 heterocycles. The van der Waals surface area contributed by atoms with Gasteiger partial charge in [-0.2, -0.15) is 0 Å². The van der Waals surface area contributed by atoms with Crippen LogP contribution in [0.4, 0.5) is 0 Å². The first-order chi connectivity index (χ1) is 10.6. The molecule has 0 amide bonds. The van der Waals surface area contributed by atoms with Crippen molar-refractivity contribution in [1.29, 1.82) is 0 Å². The lowest BCUT2D eigenvalue weighted by atomic mass is 9.86. The second-order valence-corrected chi connectivity index (χ2v) is 7.49. The standard InChI is InChI=1S/C16H20N2O3S/c19-11-13-4-1-2-6-15(13)18-22(20,21)16-7-3-5-12-10-17-9-8-14(12)16/h3,5,7-10,13,15,18-19H,1-2,4,6,11H2. The molecule has 1 aliphatic carbocycles. The van der Waals surface area contributed by atoms with Crippen LogP contribution in [0.3, 0.4) is 0 Å². The van der Waals surface area contributed by atoms with Crippen molar-refractivity contribution in [2.45, 2.75) is 36.6 Å². The minimum Gasteiger partial charge on any atom is -0.396 e. The molecule has 2 atom stereocenters. The maximum atomic E-state index is 12.8. The maximum Gasteiger partial charge on any atom is 0.241 e. The molecule has 1 aliphatic rings. The zero-order valence-electron chi connectivity index (χ0n) is 12.3. The lowest BCUT2D eigenvalue weighted by molar-refractivity contribution is 0.164. The van der Waals surface area contributed by atoms with Crippen LogP contribution >= 0.6 is 0 Å². The number of nitrogens with one attached hydrogen (secondary N) is 1.